The Morgan fingerprint density at radius 1 is 1.12 bits per heavy atom. The molecule has 0 unspecified atom stereocenters. The number of hydrogen-bond acceptors (Lipinski definition) is 6. The number of hydrogen-bond donors (Lipinski definition) is 3. The lowest BCUT2D eigenvalue weighted by atomic mass is 10.1. The number of benzene rings is 2. The van der Waals surface area contributed by atoms with Gasteiger partial charge in [-0.15, -0.1) is 0 Å². The molecule has 1 aromatic heterocycles. The van der Waals surface area contributed by atoms with Gasteiger partial charge < -0.3 is 20.5 Å². The van der Waals surface area contributed by atoms with E-state index in [-0.39, 0.29) is 22.8 Å². The third kappa shape index (κ3) is 6.11. The topological polar surface area (TPSA) is 98.4 Å². The van der Waals surface area contributed by atoms with E-state index in [0.29, 0.717) is 5.75 Å². The van der Waals surface area contributed by atoms with Crippen molar-refractivity contribution >= 4 is 35.0 Å². The van der Waals surface area contributed by atoms with Crippen molar-refractivity contribution in [2.75, 3.05) is 15.8 Å². The van der Waals surface area contributed by atoms with Crippen LogP contribution in [0.3, 0.4) is 0 Å². The summed E-state index contributed by atoms with van der Waals surface area (Å²) in [6, 6.07) is 11.2. The van der Waals surface area contributed by atoms with Crippen LogP contribution >= 0.6 is 11.9 Å². The molecule has 3 aromatic rings. The first-order valence-electron chi connectivity index (χ1n) is 10.9. The lowest BCUT2D eigenvalue weighted by Crippen LogP contribution is -2.25. The second-order valence-corrected chi connectivity index (χ2v) is 8.24. The van der Waals surface area contributed by atoms with Crippen LogP contribution in [-0.4, -0.2) is 16.2 Å². The van der Waals surface area contributed by atoms with Gasteiger partial charge in [0.1, 0.15) is 28.7 Å². The molecule has 3 rings (SSSR count). The molecule has 0 atom stereocenters. The highest BCUT2D eigenvalue weighted by atomic mass is 32.2. The summed E-state index contributed by atoms with van der Waals surface area (Å²) >= 11 is 1.53. The lowest BCUT2D eigenvalue weighted by Gasteiger charge is -2.19. The van der Waals surface area contributed by atoms with Crippen molar-refractivity contribution in [2.45, 2.75) is 34.6 Å². The number of carbonyl (C=O) groups excluding carboxylic acids is 1. The quantitative estimate of drug-likeness (QED) is 0.344. The zero-order valence-electron chi connectivity index (χ0n) is 20.3. The van der Waals surface area contributed by atoms with Crippen LogP contribution in [0.2, 0.25) is 0 Å². The standard InChI is InChI=1S/C23H25FN4O3S.C2H6/c1-5-32-27-16-7-6-8-18(14(16)3)31-19-12-20(29)28(4)23(21(19)22(25)30)26-17-10-9-13(2)11-15(17)24;1-2/h6-12,26-27H,5H2,1-4H3,(H2,25,30);1-2H3. The minimum absolute atomic E-state index is 0.0148. The number of amides is 1. The Morgan fingerprint density at radius 2 is 1.82 bits per heavy atom. The Bertz CT molecular complexity index is 1230. The third-order valence-corrected chi connectivity index (χ3v) is 5.51. The molecule has 182 valence electrons. The second-order valence-electron chi connectivity index (χ2n) is 7.17. The number of pyridine rings is 1. The molecule has 0 aliphatic heterocycles. The van der Waals surface area contributed by atoms with Crippen molar-refractivity contribution in [1.82, 2.24) is 4.57 Å². The van der Waals surface area contributed by atoms with E-state index in [0.717, 1.165) is 22.6 Å². The molecule has 9 heteroatoms. The number of halogens is 1. The smallest absolute Gasteiger partial charge is 0.256 e. The van der Waals surface area contributed by atoms with Gasteiger partial charge in [0.15, 0.2) is 0 Å². The third-order valence-electron chi connectivity index (χ3n) is 4.86. The van der Waals surface area contributed by atoms with E-state index in [1.807, 2.05) is 33.8 Å². The SMILES string of the molecule is CC.CCSNc1cccc(Oc2cc(=O)n(C)c(Nc3ccc(C)cc3F)c2C(N)=O)c1C. The fourth-order valence-corrected chi connectivity index (χ4v) is 3.61. The van der Waals surface area contributed by atoms with Crippen LogP contribution in [-0.2, 0) is 7.05 Å². The minimum atomic E-state index is -0.820. The maximum atomic E-state index is 14.4. The van der Waals surface area contributed by atoms with Crippen LogP contribution in [0.5, 0.6) is 11.5 Å². The molecule has 7 nitrogen and oxygen atoms in total. The average molecular weight is 487 g/mol. The molecular weight excluding hydrogens is 455 g/mol. The van der Waals surface area contributed by atoms with Gasteiger partial charge >= 0.3 is 0 Å². The van der Waals surface area contributed by atoms with Crippen LogP contribution in [0.15, 0.2) is 47.3 Å². The van der Waals surface area contributed by atoms with Gasteiger partial charge in [-0.3, -0.25) is 14.2 Å². The monoisotopic (exact) mass is 486 g/mol. The fourth-order valence-electron chi connectivity index (χ4n) is 3.09. The highest BCUT2D eigenvalue weighted by Gasteiger charge is 2.22. The van der Waals surface area contributed by atoms with Gasteiger partial charge in [-0.1, -0.05) is 44.9 Å². The summed E-state index contributed by atoms with van der Waals surface area (Å²) in [5.41, 5.74) is 7.62. The van der Waals surface area contributed by atoms with E-state index < -0.39 is 17.3 Å². The number of primary amides is 1. The minimum Gasteiger partial charge on any atom is -0.456 e. The number of nitrogens with one attached hydrogen (secondary N) is 2. The number of rotatable bonds is 8. The molecule has 0 saturated carbocycles. The molecule has 0 aliphatic rings. The molecule has 0 saturated heterocycles. The van der Waals surface area contributed by atoms with Crippen molar-refractivity contribution in [3.05, 3.63) is 75.3 Å². The molecule has 34 heavy (non-hydrogen) atoms. The molecule has 1 heterocycles. The summed E-state index contributed by atoms with van der Waals surface area (Å²) < 4.78 is 24.8. The molecule has 0 fully saturated rings. The molecule has 0 spiro atoms. The van der Waals surface area contributed by atoms with Crippen LogP contribution in [0.1, 0.15) is 42.3 Å². The largest absolute Gasteiger partial charge is 0.456 e. The summed E-state index contributed by atoms with van der Waals surface area (Å²) in [6.45, 7) is 9.65. The summed E-state index contributed by atoms with van der Waals surface area (Å²) in [7, 11) is 1.46. The average Bonchev–Trinajstić information content (AvgIpc) is 2.80. The van der Waals surface area contributed by atoms with E-state index in [1.54, 1.807) is 25.1 Å². The van der Waals surface area contributed by atoms with Crippen LogP contribution in [0.4, 0.5) is 21.6 Å². The van der Waals surface area contributed by atoms with Crippen molar-refractivity contribution in [3.8, 4) is 11.5 Å². The van der Waals surface area contributed by atoms with Gasteiger partial charge in [0.05, 0.1) is 11.4 Å². The van der Waals surface area contributed by atoms with Gasteiger partial charge in [0.25, 0.3) is 11.5 Å². The number of anilines is 3. The van der Waals surface area contributed by atoms with E-state index >= 15 is 0 Å². The fraction of sp³-hybridized carbons (Fsp3) is 0.280. The summed E-state index contributed by atoms with van der Waals surface area (Å²) in [5.74, 6) is 0.00172. The number of ether oxygens (including phenoxy) is 1. The van der Waals surface area contributed by atoms with Crippen LogP contribution in [0.25, 0.3) is 0 Å². The Balaban J connectivity index is 0.00000199. The zero-order valence-corrected chi connectivity index (χ0v) is 21.1. The van der Waals surface area contributed by atoms with Gasteiger partial charge in [0.2, 0.25) is 0 Å². The molecule has 1 amide bonds. The van der Waals surface area contributed by atoms with E-state index in [2.05, 4.69) is 10.0 Å². The summed E-state index contributed by atoms with van der Waals surface area (Å²) in [6.07, 6.45) is 0. The van der Waals surface area contributed by atoms with Gasteiger partial charge in [-0.25, -0.2) is 4.39 Å². The lowest BCUT2D eigenvalue weighted by molar-refractivity contribution is 0.0998. The Kier molecular flexibility index (Phi) is 9.56. The van der Waals surface area contributed by atoms with E-state index in [1.165, 1.54) is 41.8 Å². The van der Waals surface area contributed by atoms with Gasteiger partial charge in [-0.05, 0) is 43.7 Å². The number of nitrogens with two attached hydrogens (primary N) is 1. The van der Waals surface area contributed by atoms with Crippen molar-refractivity contribution in [3.63, 3.8) is 0 Å². The van der Waals surface area contributed by atoms with Gasteiger partial charge in [0, 0.05) is 24.4 Å². The van der Waals surface area contributed by atoms with Crippen molar-refractivity contribution in [2.24, 2.45) is 12.8 Å². The number of carbonyl (C=O) groups is 1. The normalized spacial score (nSPS) is 10.2. The first-order chi connectivity index (χ1) is 16.2. The number of aromatic nitrogens is 1. The molecule has 0 radical (unpaired) electrons. The first-order valence-corrected chi connectivity index (χ1v) is 11.9. The predicted molar refractivity (Wildman–Crippen MR) is 139 cm³/mol. The van der Waals surface area contributed by atoms with E-state index in [4.69, 9.17) is 10.5 Å². The maximum Gasteiger partial charge on any atom is 0.256 e. The highest BCUT2D eigenvalue weighted by molar-refractivity contribution is 8.00. The molecule has 0 bridgehead atoms. The maximum absolute atomic E-state index is 14.4. The first kappa shape index (κ1) is 26.8. The molecule has 4 N–H and O–H groups in total. The Hall–Kier alpha value is -3.46. The van der Waals surface area contributed by atoms with Crippen molar-refractivity contribution < 1.29 is 13.9 Å². The molecule has 0 aliphatic carbocycles. The van der Waals surface area contributed by atoms with E-state index in [9.17, 15) is 14.0 Å². The predicted octanol–water partition coefficient (Wildman–Crippen LogP) is 5.88. The van der Waals surface area contributed by atoms with Crippen LogP contribution < -0.4 is 26.1 Å². The zero-order chi connectivity index (χ0) is 25.4. The van der Waals surface area contributed by atoms with Gasteiger partial charge in [-0.2, -0.15) is 0 Å². The number of nitrogens with zero attached hydrogens (tertiary/aromatic N) is 1. The number of aryl methyl sites for hydroxylation is 1. The highest BCUT2D eigenvalue weighted by Crippen LogP contribution is 2.35. The Morgan fingerprint density at radius 3 is 2.44 bits per heavy atom. The summed E-state index contributed by atoms with van der Waals surface area (Å²) in [5, 5.41) is 2.83. The second kappa shape index (κ2) is 12.1. The molecular formula is C25H31FN4O3S. The Labute approximate surface area is 203 Å². The van der Waals surface area contributed by atoms with Crippen molar-refractivity contribution in [1.29, 1.82) is 0 Å². The molecule has 2 aromatic carbocycles. The summed E-state index contributed by atoms with van der Waals surface area (Å²) in [4.78, 5) is 25.0. The van der Waals surface area contributed by atoms with Crippen LogP contribution in [0, 0.1) is 19.7 Å².